The molecule has 9 nitrogen and oxygen atoms in total. The molecule has 1 aliphatic carbocycles. The molecule has 4 aromatic rings. The predicted molar refractivity (Wildman–Crippen MR) is 138 cm³/mol. The lowest BCUT2D eigenvalue weighted by Crippen LogP contribution is -2.29. The van der Waals surface area contributed by atoms with Crippen LogP contribution in [0.15, 0.2) is 61.1 Å². The van der Waals surface area contributed by atoms with Crippen molar-refractivity contribution in [2.24, 2.45) is 5.92 Å². The Bertz CT molecular complexity index is 1410. The van der Waals surface area contributed by atoms with Crippen LogP contribution in [-0.2, 0) is 9.53 Å². The number of halogens is 2. The highest BCUT2D eigenvalue weighted by atomic mass is 19.3. The van der Waals surface area contributed by atoms with Crippen LogP contribution in [0.1, 0.15) is 25.7 Å². The predicted octanol–water partition coefficient (Wildman–Crippen LogP) is 5.58. The van der Waals surface area contributed by atoms with Gasteiger partial charge in [-0.1, -0.05) is 6.07 Å². The lowest BCUT2D eigenvalue weighted by Gasteiger charge is -2.26. The number of alkyl halides is 2. The average Bonchev–Trinajstić information content (AvgIpc) is 2.93. The van der Waals surface area contributed by atoms with Crippen molar-refractivity contribution in [3.05, 3.63) is 61.1 Å². The van der Waals surface area contributed by atoms with E-state index in [2.05, 4.69) is 35.3 Å². The van der Waals surface area contributed by atoms with Gasteiger partial charge in [0.2, 0.25) is 5.91 Å². The minimum Gasteiger partial charge on any atom is -0.435 e. The summed E-state index contributed by atoms with van der Waals surface area (Å²) >= 11 is 0. The smallest absolute Gasteiger partial charge is 0.387 e. The molecule has 0 spiro atoms. The molecule has 0 bridgehead atoms. The molecular weight excluding hydrogens is 494 g/mol. The Labute approximate surface area is 217 Å². The Balaban J connectivity index is 1.47. The summed E-state index contributed by atoms with van der Waals surface area (Å²) in [5.41, 5.74) is 2.15. The number of amides is 1. The molecule has 2 N–H and O–H groups in total. The Kier molecular flexibility index (Phi) is 7.64. The molecule has 196 valence electrons. The second kappa shape index (κ2) is 11.4. The normalized spacial score (nSPS) is 17.4. The van der Waals surface area contributed by atoms with E-state index in [0.717, 1.165) is 25.7 Å². The van der Waals surface area contributed by atoms with Crippen LogP contribution >= 0.6 is 0 Å². The van der Waals surface area contributed by atoms with Crippen LogP contribution in [0.25, 0.3) is 22.4 Å². The van der Waals surface area contributed by atoms with Crippen LogP contribution < -0.4 is 15.4 Å². The highest BCUT2D eigenvalue weighted by Gasteiger charge is 2.26. The van der Waals surface area contributed by atoms with Gasteiger partial charge in [-0.25, -0.2) is 15.0 Å². The van der Waals surface area contributed by atoms with Gasteiger partial charge in [-0.3, -0.25) is 9.78 Å². The third-order valence-corrected chi connectivity index (χ3v) is 6.46. The minimum atomic E-state index is -2.94. The fraction of sp³-hybridized carbons (Fsp3) is 0.296. The van der Waals surface area contributed by atoms with E-state index in [0.29, 0.717) is 39.6 Å². The molecule has 0 radical (unpaired) electrons. The van der Waals surface area contributed by atoms with Crippen LogP contribution in [0.5, 0.6) is 5.75 Å². The molecule has 0 unspecified atom stereocenters. The van der Waals surface area contributed by atoms with E-state index < -0.39 is 6.61 Å². The van der Waals surface area contributed by atoms with Gasteiger partial charge < -0.3 is 20.1 Å². The number of aromatic nitrogens is 4. The van der Waals surface area contributed by atoms with Gasteiger partial charge in [-0.15, -0.1) is 0 Å². The molecule has 0 aliphatic heterocycles. The number of fused-ring (bicyclic) bond motifs is 1. The van der Waals surface area contributed by atoms with Gasteiger partial charge in [0.15, 0.2) is 5.82 Å². The summed E-state index contributed by atoms with van der Waals surface area (Å²) in [6.07, 6.45) is 8.10. The third kappa shape index (κ3) is 6.00. The second-order valence-electron chi connectivity index (χ2n) is 8.95. The summed E-state index contributed by atoms with van der Waals surface area (Å²) in [6, 6.07) is 11.5. The van der Waals surface area contributed by atoms with E-state index in [9.17, 15) is 13.6 Å². The van der Waals surface area contributed by atoms with Crippen molar-refractivity contribution in [1.82, 2.24) is 19.9 Å². The Hall–Kier alpha value is -4.25. The average molecular weight is 521 g/mol. The molecule has 1 fully saturated rings. The van der Waals surface area contributed by atoms with Gasteiger partial charge in [0.25, 0.3) is 0 Å². The summed E-state index contributed by atoms with van der Waals surface area (Å²) in [5, 5.41) is 6.81. The van der Waals surface area contributed by atoms with Gasteiger partial charge >= 0.3 is 6.61 Å². The molecule has 1 aliphatic rings. The summed E-state index contributed by atoms with van der Waals surface area (Å²) in [4.78, 5) is 30.6. The number of nitrogens with one attached hydrogen (secondary N) is 2. The topological polar surface area (TPSA) is 111 Å². The van der Waals surface area contributed by atoms with Crippen LogP contribution in [0.4, 0.5) is 26.0 Å². The molecule has 2 heterocycles. The SMILES string of the molecule is COC1CCC(C(=O)Nc2ccc3nc(-c4cnccn4)nc(Nc4cccc(OC(F)F)c4)c3c2)CC1. The van der Waals surface area contributed by atoms with E-state index in [4.69, 9.17) is 4.74 Å². The fourth-order valence-electron chi connectivity index (χ4n) is 4.52. The zero-order chi connectivity index (χ0) is 26.5. The zero-order valence-electron chi connectivity index (χ0n) is 20.6. The number of carbonyl (C=O) groups is 1. The molecule has 1 saturated carbocycles. The van der Waals surface area contributed by atoms with Crippen LogP contribution in [0, 0.1) is 5.92 Å². The highest BCUT2D eigenvalue weighted by molar-refractivity contribution is 5.98. The Morgan fingerprint density at radius 3 is 2.61 bits per heavy atom. The molecular formula is C27H26F2N6O3. The van der Waals surface area contributed by atoms with Gasteiger partial charge in [-0.2, -0.15) is 8.78 Å². The molecule has 2 aromatic carbocycles. The first-order chi connectivity index (χ1) is 18.5. The zero-order valence-corrected chi connectivity index (χ0v) is 20.6. The quantitative estimate of drug-likeness (QED) is 0.310. The van der Waals surface area contributed by atoms with E-state index in [1.807, 2.05) is 0 Å². The van der Waals surface area contributed by atoms with E-state index >= 15 is 0 Å². The van der Waals surface area contributed by atoms with Gasteiger partial charge in [0.1, 0.15) is 17.3 Å². The summed E-state index contributed by atoms with van der Waals surface area (Å²) < 4.78 is 35.4. The van der Waals surface area contributed by atoms with Gasteiger partial charge in [0, 0.05) is 48.2 Å². The number of benzene rings is 2. The fourth-order valence-corrected chi connectivity index (χ4v) is 4.52. The Morgan fingerprint density at radius 2 is 1.87 bits per heavy atom. The number of hydrogen-bond acceptors (Lipinski definition) is 8. The van der Waals surface area contributed by atoms with Crippen molar-refractivity contribution in [2.45, 2.75) is 38.4 Å². The lowest BCUT2D eigenvalue weighted by molar-refractivity contribution is -0.121. The third-order valence-electron chi connectivity index (χ3n) is 6.46. The maximum atomic E-state index is 13.0. The number of nitrogens with zero attached hydrogens (tertiary/aromatic N) is 4. The van der Waals surface area contributed by atoms with Crippen LogP contribution in [-0.4, -0.2) is 45.7 Å². The molecule has 2 aromatic heterocycles. The van der Waals surface area contributed by atoms with Crippen molar-refractivity contribution in [3.63, 3.8) is 0 Å². The maximum absolute atomic E-state index is 13.0. The van der Waals surface area contributed by atoms with Crippen molar-refractivity contribution in [3.8, 4) is 17.3 Å². The van der Waals surface area contributed by atoms with Crippen molar-refractivity contribution in [2.75, 3.05) is 17.7 Å². The van der Waals surface area contributed by atoms with E-state index in [-0.39, 0.29) is 23.7 Å². The highest BCUT2D eigenvalue weighted by Crippen LogP contribution is 2.31. The first kappa shape index (κ1) is 25.4. The van der Waals surface area contributed by atoms with Gasteiger partial charge in [0.05, 0.1) is 17.8 Å². The van der Waals surface area contributed by atoms with Crippen molar-refractivity contribution < 1.29 is 23.0 Å². The van der Waals surface area contributed by atoms with E-state index in [1.54, 1.807) is 56.0 Å². The molecule has 0 saturated heterocycles. The minimum absolute atomic E-state index is 0.00802. The standard InChI is InChI=1S/C27H26F2N6O3/c1-37-19-8-5-16(6-9-19)26(36)33-18-7-10-22-21(14-18)24(35-25(34-22)23-15-30-11-12-31-23)32-17-3-2-4-20(13-17)38-27(28)29/h2-4,7,10-16,19,27H,5-6,8-9H2,1H3,(H,33,36)(H,32,34,35). The number of rotatable bonds is 8. The maximum Gasteiger partial charge on any atom is 0.387 e. The molecule has 0 atom stereocenters. The first-order valence-corrected chi connectivity index (χ1v) is 12.2. The number of anilines is 3. The van der Waals surface area contributed by atoms with Crippen LogP contribution in [0.3, 0.4) is 0 Å². The summed E-state index contributed by atoms with van der Waals surface area (Å²) in [7, 11) is 1.70. The van der Waals surface area contributed by atoms with Gasteiger partial charge in [-0.05, 0) is 56.0 Å². The Morgan fingerprint density at radius 1 is 1.03 bits per heavy atom. The number of ether oxygens (including phenoxy) is 2. The molecule has 1 amide bonds. The van der Waals surface area contributed by atoms with Crippen molar-refractivity contribution >= 4 is 34.0 Å². The number of carbonyl (C=O) groups excluding carboxylic acids is 1. The number of methoxy groups -OCH3 is 1. The lowest BCUT2D eigenvalue weighted by atomic mass is 9.87. The monoisotopic (exact) mass is 520 g/mol. The first-order valence-electron chi connectivity index (χ1n) is 12.2. The largest absolute Gasteiger partial charge is 0.435 e. The molecule has 11 heteroatoms. The molecule has 38 heavy (non-hydrogen) atoms. The van der Waals surface area contributed by atoms with Crippen molar-refractivity contribution in [1.29, 1.82) is 0 Å². The molecule has 5 rings (SSSR count). The number of hydrogen-bond donors (Lipinski definition) is 2. The summed E-state index contributed by atoms with van der Waals surface area (Å²) in [6.45, 7) is -2.94. The second-order valence-corrected chi connectivity index (χ2v) is 8.95. The summed E-state index contributed by atoms with van der Waals surface area (Å²) in [5.74, 6) is 0.625. The van der Waals surface area contributed by atoms with Crippen LogP contribution in [0.2, 0.25) is 0 Å². The van der Waals surface area contributed by atoms with E-state index in [1.165, 1.54) is 12.1 Å².